The van der Waals surface area contributed by atoms with Crippen LogP contribution in [0.1, 0.15) is 6.92 Å². The van der Waals surface area contributed by atoms with Crippen LogP contribution in [0.15, 0.2) is 18.2 Å². The number of nitrogens with one attached hydrogen (secondary N) is 1. The zero-order valence-corrected chi connectivity index (χ0v) is 11.5. The molecule has 0 aliphatic heterocycles. The molecule has 2 N–H and O–H groups in total. The monoisotopic (exact) mass is 352 g/mol. The van der Waals surface area contributed by atoms with Crippen LogP contribution in [0.5, 0.6) is 0 Å². The van der Waals surface area contributed by atoms with Crippen molar-refractivity contribution in [2.75, 3.05) is 6.61 Å². The van der Waals surface area contributed by atoms with Gasteiger partial charge in [0, 0.05) is 5.39 Å². The summed E-state index contributed by atoms with van der Waals surface area (Å²) in [5, 5.41) is 7.97. The van der Waals surface area contributed by atoms with Crippen molar-refractivity contribution >= 4 is 46.4 Å². The summed E-state index contributed by atoms with van der Waals surface area (Å²) in [6.45, 7) is 1.89. The number of hydrogen-bond acceptors (Lipinski definition) is 3. The van der Waals surface area contributed by atoms with Crippen molar-refractivity contribution in [3.05, 3.63) is 21.9 Å². The lowest BCUT2D eigenvalue weighted by Crippen LogP contribution is -2.06. The maximum Gasteiger partial charge on any atom is 0.358 e. The van der Waals surface area contributed by atoms with Gasteiger partial charge < -0.3 is 9.42 Å². The smallest absolute Gasteiger partial charge is 0.321 e. The van der Waals surface area contributed by atoms with E-state index in [9.17, 15) is 9.46 Å². The van der Waals surface area contributed by atoms with E-state index >= 15 is 0 Å². The molecular formula is C9H10IN2O3P. The molecule has 0 amide bonds. The van der Waals surface area contributed by atoms with Gasteiger partial charge in [-0.3, -0.25) is 9.66 Å². The first kappa shape index (κ1) is 12.0. The Hall–Kier alpha value is -0.430. The molecule has 1 heterocycles. The van der Waals surface area contributed by atoms with Crippen molar-refractivity contribution in [1.82, 2.24) is 10.2 Å². The summed E-state index contributed by atoms with van der Waals surface area (Å²) in [6, 6.07) is 4.90. The maximum absolute atomic E-state index is 11.8. The Labute approximate surface area is 106 Å². The Morgan fingerprint density at radius 1 is 1.62 bits per heavy atom. The predicted molar refractivity (Wildman–Crippen MR) is 69.9 cm³/mol. The molecule has 0 spiro atoms. The maximum atomic E-state index is 11.8. The lowest BCUT2D eigenvalue weighted by Gasteiger charge is -2.10. The van der Waals surface area contributed by atoms with Gasteiger partial charge in [-0.25, -0.2) is 0 Å². The first-order chi connectivity index (χ1) is 7.54. The largest absolute Gasteiger partial charge is 0.358 e. The van der Waals surface area contributed by atoms with Crippen LogP contribution in [0.2, 0.25) is 0 Å². The highest BCUT2D eigenvalue weighted by molar-refractivity contribution is 14.1. The second-order valence-electron chi connectivity index (χ2n) is 3.18. The van der Waals surface area contributed by atoms with Crippen LogP contribution in [-0.4, -0.2) is 21.7 Å². The van der Waals surface area contributed by atoms with Crippen LogP contribution in [0.4, 0.5) is 0 Å². The van der Waals surface area contributed by atoms with E-state index in [4.69, 9.17) is 4.52 Å². The molecule has 1 atom stereocenters. The molecule has 1 unspecified atom stereocenters. The number of hydrogen-bond donors (Lipinski definition) is 2. The molecule has 1 aromatic carbocycles. The second kappa shape index (κ2) is 4.44. The summed E-state index contributed by atoms with van der Waals surface area (Å²) < 4.78 is 17.5. The van der Waals surface area contributed by atoms with Crippen molar-refractivity contribution in [3.63, 3.8) is 0 Å². The second-order valence-corrected chi connectivity index (χ2v) is 6.07. The summed E-state index contributed by atoms with van der Waals surface area (Å²) >= 11 is 2.09. The van der Waals surface area contributed by atoms with Crippen LogP contribution in [0.3, 0.4) is 0 Å². The minimum atomic E-state index is -3.69. The van der Waals surface area contributed by atoms with Crippen LogP contribution < -0.4 is 5.30 Å². The normalized spacial score (nSPS) is 15.2. The quantitative estimate of drug-likeness (QED) is 0.655. The molecule has 0 aliphatic carbocycles. The summed E-state index contributed by atoms with van der Waals surface area (Å²) in [5.74, 6) is 0. The third kappa shape index (κ3) is 2.15. The van der Waals surface area contributed by atoms with Crippen molar-refractivity contribution in [1.29, 1.82) is 0 Å². The number of nitrogens with zero attached hydrogens (tertiary/aromatic N) is 1. The summed E-state index contributed by atoms with van der Waals surface area (Å²) in [6.07, 6.45) is 0. The third-order valence-electron chi connectivity index (χ3n) is 2.12. The molecule has 2 rings (SSSR count). The van der Waals surface area contributed by atoms with Gasteiger partial charge in [-0.05, 0) is 47.7 Å². The number of fused-ring (bicyclic) bond motifs is 1. The van der Waals surface area contributed by atoms with Gasteiger partial charge in [-0.2, -0.15) is 5.10 Å². The fourth-order valence-corrected chi connectivity index (χ4v) is 3.00. The van der Waals surface area contributed by atoms with Gasteiger partial charge in [0.2, 0.25) is 0 Å². The molecule has 0 fully saturated rings. The Balaban J connectivity index is 2.54. The molecular weight excluding hydrogens is 342 g/mol. The average Bonchev–Trinajstić information content (AvgIpc) is 2.60. The molecule has 0 aliphatic rings. The van der Waals surface area contributed by atoms with Crippen molar-refractivity contribution < 1.29 is 14.0 Å². The number of aromatic amines is 1. The standard InChI is InChI=1S/C9H10IN2O3P/c1-2-15-16(13,14)6-3-4-8-7(5-6)9(10)12-11-8/h3-5H,2H2,1H3,(H,11,12)(H,13,14). The van der Waals surface area contributed by atoms with Gasteiger partial charge in [0.1, 0.15) is 3.70 Å². The minimum absolute atomic E-state index is 0.203. The van der Waals surface area contributed by atoms with Crippen molar-refractivity contribution in [3.8, 4) is 0 Å². The number of aromatic nitrogens is 2. The fraction of sp³-hybridized carbons (Fsp3) is 0.222. The van der Waals surface area contributed by atoms with Crippen LogP contribution >= 0.6 is 30.2 Å². The highest BCUT2D eigenvalue weighted by Gasteiger charge is 2.22. The van der Waals surface area contributed by atoms with E-state index in [2.05, 4.69) is 32.8 Å². The van der Waals surface area contributed by atoms with E-state index in [1.807, 2.05) is 0 Å². The molecule has 7 heteroatoms. The molecule has 16 heavy (non-hydrogen) atoms. The van der Waals surface area contributed by atoms with Crippen molar-refractivity contribution in [2.45, 2.75) is 6.92 Å². The van der Waals surface area contributed by atoms with Gasteiger partial charge in [0.25, 0.3) is 0 Å². The zero-order chi connectivity index (χ0) is 11.8. The van der Waals surface area contributed by atoms with E-state index in [0.29, 0.717) is 5.30 Å². The number of H-pyrrole nitrogens is 1. The first-order valence-corrected chi connectivity index (χ1v) is 7.32. The number of halogens is 1. The molecule has 0 radical (unpaired) electrons. The topological polar surface area (TPSA) is 75.2 Å². The van der Waals surface area contributed by atoms with Gasteiger partial charge in [-0.15, -0.1) is 0 Å². The van der Waals surface area contributed by atoms with E-state index in [1.54, 1.807) is 25.1 Å². The van der Waals surface area contributed by atoms with Crippen LogP contribution in [0, 0.1) is 3.70 Å². The average molecular weight is 352 g/mol. The van der Waals surface area contributed by atoms with Crippen LogP contribution in [0.25, 0.3) is 10.9 Å². The SMILES string of the molecule is CCOP(=O)(O)c1ccc2n[nH]c(I)c2c1. The Kier molecular flexibility index (Phi) is 3.34. The summed E-state index contributed by atoms with van der Waals surface area (Å²) in [7, 11) is -3.69. The molecule has 0 saturated heterocycles. The molecule has 86 valence electrons. The zero-order valence-electron chi connectivity index (χ0n) is 8.48. The molecule has 1 aromatic heterocycles. The Bertz CT molecular complexity index is 569. The van der Waals surface area contributed by atoms with Gasteiger partial charge >= 0.3 is 7.60 Å². The van der Waals surface area contributed by atoms with Crippen LogP contribution in [-0.2, 0) is 9.09 Å². The lowest BCUT2D eigenvalue weighted by molar-refractivity contribution is 0.284. The van der Waals surface area contributed by atoms with Gasteiger partial charge in [0.15, 0.2) is 0 Å². The Morgan fingerprint density at radius 2 is 2.38 bits per heavy atom. The fourth-order valence-electron chi connectivity index (χ4n) is 1.39. The number of rotatable bonds is 3. The highest BCUT2D eigenvalue weighted by atomic mass is 127. The van der Waals surface area contributed by atoms with E-state index in [1.165, 1.54) is 0 Å². The van der Waals surface area contributed by atoms with E-state index in [-0.39, 0.29) is 6.61 Å². The van der Waals surface area contributed by atoms with Gasteiger partial charge in [0.05, 0.1) is 17.4 Å². The summed E-state index contributed by atoms with van der Waals surface area (Å²) in [5.41, 5.74) is 0.768. The molecule has 5 nitrogen and oxygen atoms in total. The minimum Gasteiger partial charge on any atom is -0.321 e. The van der Waals surface area contributed by atoms with Crippen molar-refractivity contribution in [2.24, 2.45) is 0 Å². The third-order valence-corrected chi connectivity index (χ3v) is 4.48. The molecule has 0 bridgehead atoms. The first-order valence-electron chi connectivity index (χ1n) is 4.66. The van der Waals surface area contributed by atoms with E-state index < -0.39 is 7.60 Å². The predicted octanol–water partition coefficient (Wildman–Crippen LogP) is 2.01. The molecule has 0 saturated carbocycles. The summed E-state index contributed by atoms with van der Waals surface area (Å²) in [4.78, 5) is 9.67. The number of benzene rings is 1. The van der Waals surface area contributed by atoms with E-state index in [0.717, 1.165) is 14.6 Å². The molecule has 2 aromatic rings. The van der Waals surface area contributed by atoms with Gasteiger partial charge in [-0.1, -0.05) is 0 Å². The highest BCUT2D eigenvalue weighted by Crippen LogP contribution is 2.41. The lowest BCUT2D eigenvalue weighted by atomic mass is 10.3. The Morgan fingerprint density at radius 3 is 3.06 bits per heavy atom.